The first kappa shape index (κ1) is 15.3. The van der Waals surface area contributed by atoms with Crippen molar-refractivity contribution in [2.45, 2.75) is 72.3 Å². The van der Waals surface area contributed by atoms with Crippen LogP contribution in [0.3, 0.4) is 0 Å². The quantitative estimate of drug-likeness (QED) is 0.622. The molecule has 0 aromatic heterocycles. The van der Waals surface area contributed by atoms with Crippen LogP contribution in [0.5, 0.6) is 0 Å². The summed E-state index contributed by atoms with van der Waals surface area (Å²) in [4.78, 5) is 13.7. The van der Waals surface area contributed by atoms with Crippen molar-refractivity contribution in [3.63, 3.8) is 0 Å². The van der Waals surface area contributed by atoms with E-state index in [1.165, 1.54) is 12.0 Å². The fourth-order valence-electron chi connectivity index (χ4n) is 2.68. The summed E-state index contributed by atoms with van der Waals surface area (Å²) < 4.78 is 0. The first-order valence-electron chi connectivity index (χ1n) is 7.36. The number of hydrogen-bond acceptors (Lipinski definition) is 1. The number of carbonyl (C=O) groups is 1. The van der Waals surface area contributed by atoms with E-state index >= 15 is 0 Å². The zero-order chi connectivity index (χ0) is 13.8. The molecule has 1 saturated heterocycles. The van der Waals surface area contributed by atoms with Crippen LogP contribution >= 0.6 is 0 Å². The van der Waals surface area contributed by atoms with Gasteiger partial charge in [-0.1, -0.05) is 39.3 Å². The van der Waals surface area contributed by atoms with Crippen molar-refractivity contribution in [2.75, 3.05) is 6.54 Å². The fraction of sp³-hybridized carbons (Fsp3) is 0.812. The maximum absolute atomic E-state index is 11.7. The SMILES string of the molecule is C=C(CCC)C(C)(C)CCC(C)N1CCCC1=O. The van der Waals surface area contributed by atoms with Gasteiger partial charge in [0.25, 0.3) is 0 Å². The second-order valence-electron chi connectivity index (χ2n) is 6.32. The highest BCUT2D eigenvalue weighted by atomic mass is 16.2. The summed E-state index contributed by atoms with van der Waals surface area (Å²) in [6.07, 6.45) is 6.27. The number of amides is 1. The molecule has 1 atom stereocenters. The molecule has 0 bridgehead atoms. The van der Waals surface area contributed by atoms with E-state index in [2.05, 4.69) is 39.2 Å². The number of allylic oxidation sites excluding steroid dienone is 1. The summed E-state index contributed by atoms with van der Waals surface area (Å²) in [6.45, 7) is 14.1. The van der Waals surface area contributed by atoms with Gasteiger partial charge in [0, 0.05) is 19.0 Å². The van der Waals surface area contributed by atoms with Gasteiger partial charge in [-0.05, 0) is 38.0 Å². The predicted molar refractivity (Wildman–Crippen MR) is 77.5 cm³/mol. The van der Waals surface area contributed by atoms with E-state index in [1.54, 1.807) is 0 Å². The van der Waals surface area contributed by atoms with E-state index in [0.717, 1.165) is 38.6 Å². The summed E-state index contributed by atoms with van der Waals surface area (Å²) in [5, 5.41) is 0. The molecule has 2 nitrogen and oxygen atoms in total. The Hall–Kier alpha value is -0.790. The van der Waals surface area contributed by atoms with Crippen molar-refractivity contribution in [3.05, 3.63) is 12.2 Å². The molecule has 18 heavy (non-hydrogen) atoms. The molecule has 1 amide bonds. The van der Waals surface area contributed by atoms with Gasteiger partial charge in [0.15, 0.2) is 0 Å². The maximum Gasteiger partial charge on any atom is 0.222 e. The van der Waals surface area contributed by atoms with E-state index in [0.29, 0.717) is 11.9 Å². The Balaban J connectivity index is 2.43. The molecule has 1 rings (SSSR count). The molecule has 1 unspecified atom stereocenters. The van der Waals surface area contributed by atoms with E-state index in [-0.39, 0.29) is 5.41 Å². The number of carbonyl (C=O) groups excluding carboxylic acids is 1. The van der Waals surface area contributed by atoms with Crippen LogP contribution < -0.4 is 0 Å². The molecule has 0 aliphatic carbocycles. The lowest BCUT2D eigenvalue weighted by atomic mass is 9.78. The minimum atomic E-state index is 0.201. The highest BCUT2D eigenvalue weighted by Gasteiger charge is 2.27. The molecule has 0 radical (unpaired) electrons. The second kappa shape index (κ2) is 6.40. The zero-order valence-corrected chi connectivity index (χ0v) is 12.6. The van der Waals surface area contributed by atoms with Gasteiger partial charge < -0.3 is 4.90 Å². The summed E-state index contributed by atoms with van der Waals surface area (Å²) in [5.41, 5.74) is 1.55. The standard InChI is InChI=1S/C16H29NO/c1-6-8-13(2)16(4,5)11-10-14(3)17-12-7-9-15(17)18/h14H,2,6-12H2,1,3-5H3. The molecule has 0 aromatic carbocycles. The lowest BCUT2D eigenvalue weighted by molar-refractivity contribution is -0.129. The van der Waals surface area contributed by atoms with Crippen molar-refractivity contribution in [1.82, 2.24) is 4.90 Å². The largest absolute Gasteiger partial charge is 0.340 e. The normalized spacial score (nSPS) is 18.2. The van der Waals surface area contributed by atoms with Gasteiger partial charge >= 0.3 is 0 Å². The first-order valence-corrected chi connectivity index (χ1v) is 7.36. The summed E-state index contributed by atoms with van der Waals surface area (Å²) >= 11 is 0. The van der Waals surface area contributed by atoms with Crippen LogP contribution in [0.25, 0.3) is 0 Å². The van der Waals surface area contributed by atoms with E-state index in [9.17, 15) is 4.79 Å². The Kier molecular flexibility index (Phi) is 5.43. The molecule has 0 saturated carbocycles. The van der Waals surface area contributed by atoms with Gasteiger partial charge in [0.05, 0.1) is 0 Å². The Bertz CT molecular complexity index is 306. The van der Waals surface area contributed by atoms with Crippen molar-refractivity contribution in [2.24, 2.45) is 5.41 Å². The summed E-state index contributed by atoms with van der Waals surface area (Å²) in [7, 11) is 0. The third-order valence-corrected chi connectivity index (χ3v) is 4.34. The second-order valence-corrected chi connectivity index (χ2v) is 6.32. The number of likely N-dealkylation sites (tertiary alicyclic amines) is 1. The number of nitrogens with zero attached hydrogens (tertiary/aromatic N) is 1. The monoisotopic (exact) mass is 251 g/mol. The van der Waals surface area contributed by atoms with Crippen LogP contribution in [-0.2, 0) is 4.79 Å². The number of hydrogen-bond donors (Lipinski definition) is 0. The fourth-order valence-corrected chi connectivity index (χ4v) is 2.68. The molecule has 2 heteroatoms. The molecular formula is C16H29NO. The van der Waals surface area contributed by atoms with Crippen LogP contribution in [0.15, 0.2) is 12.2 Å². The molecule has 0 spiro atoms. The maximum atomic E-state index is 11.7. The topological polar surface area (TPSA) is 20.3 Å². The predicted octanol–water partition coefficient (Wildman–Crippen LogP) is 4.16. The highest BCUT2D eigenvalue weighted by Crippen LogP contribution is 2.34. The molecule has 1 aliphatic rings. The average Bonchev–Trinajstić information content (AvgIpc) is 2.73. The highest BCUT2D eigenvalue weighted by molar-refractivity contribution is 5.78. The van der Waals surface area contributed by atoms with E-state index < -0.39 is 0 Å². The summed E-state index contributed by atoms with van der Waals surface area (Å²) in [5.74, 6) is 0.340. The van der Waals surface area contributed by atoms with Crippen LogP contribution in [0.2, 0.25) is 0 Å². The molecular weight excluding hydrogens is 222 g/mol. The van der Waals surface area contributed by atoms with Gasteiger partial charge in [-0.15, -0.1) is 0 Å². The third-order valence-electron chi connectivity index (χ3n) is 4.34. The van der Waals surface area contributed by atoms with Gasteiger partial charge in [-0.3, -0.25) is 4.79 Å². The lowest BCUT2D eigenvalue weighted by Crippen LogP contribution is -2.34. The lowest BCUT2D eigenvalue weighted by Gasteiger charge is -2.31. The molecule has 1 fully saturated rings. The van der Waals surface area contributed by atoms with Gasteiger partial charge in [-0.2, -0.15) is 0 Å². The Morgan fingerprint density at radius 2 is 2.17 bits per heavy atom. The van der Waals surface area contributed by atoms with Crippen LogP contribution in [-0.4, -0.2) is 23.4 Å². The molecule has 0 aromatic rings. The van der Waals surface area contributed by atoms with Crippen molar-refractivity contribution in [1.29, 1.82) is 0 Å². The van der Waals surface area contributed by atoms with Gasteiger partial charge in [0.2, 0.25) is 5.91 Å². The molecule has 104 valence electrons. The minimum Gasteiger partial charge on any atom is -0.340 e. The number of rotatable bonds is 7. The van der Waals surface area contributed by atoms with Crippen molar-refractivity contribution in [3.8, 4) is 0 Å². The Labute approximate surface area is 112 Å². The Morgan fingerprint density at radius 3 is 2.67 bits per heavy atom. The molecule has 1 heterocycles. The van der Waals surface area contributed by atoms with Crippen LogP contribution in [0.4, 0.5) is 0 Å². The zero-order valence-electron chi connectivity index (χ0n) is 12.6. The third kappa shape index (κ3) is 3.86. The first-order chi connectivity index (χ1) is 8.38. The van der Waals surface area contributed by atoms with Gasteiger partial charge in [-0.25, -0.2) is 0 Å². The molecule has 0 N–H and O–H groups in total. The summed E-state index contributed by atoms with van der Waals surface area (Å²) in [6, 6.07) is 0.383. The van der Waals surface area contributed by atoms with E-state index in [4.69, 9.17) is 0 Å². The average molecular weight is 251 g/mol. The van der Waals surface area contributed by atoms with Crippen LogP contribution in [0.1, 0.15) is 66.2 Å². The van der Waals surface area contributed by atoms with Crippen LogP contribution in [0, 0.1) is 5.41 Å². The van der Waals surface area contributed by atoms with Gasteiger partial charge in [0.1, 0.15) is 0 Å². The Morgan fingerprint density at radius 1 is 1.50 bits per heavy atom. The van der Waals surface area contributed by atoms with E-state index in [1.807, 2.05) is 0 Å². The van der Waals surface area contributed by atoms with Crippen molar-refractivity contribution >= 4 is 5.91 Å². The minimum absolute atomic E-state index is 0.201. The molecule has 1 aliphatic heterocycles. The van der Waals surface area contributed by atoms with Crippen molar-refractivity contribution < 1.29 is 4.79 Å². The smallest absolute Gasteiger partial charge is 0.222 e.